The minimum Gasteiger partial charge on any atom is -0.460 e. The molecule has 1 rings (SSSR count). The molecule has 1 aliphatic carbocycles. The standard InChI is InChI=1S/C14H26O2/c1-6-10-8-11(7-2)12(9-10)13(15)16-14(3,4)5/h10-12H,6-9H2,1-5H3. The molecule has 16 heavy (non-hydrogen) atoms. The maximum atomic E-state index is 12.1. The third-order valence-corrected chi connectivity index (χ3v) is 3.60. The van der Waals surface area contributed by atoms with E-state index in [1.165, 1.54) is 12.8 Å². The second kappa shape index (κ2) is 5.20. The van der Waals surface area contributed by atoms with Crippen LogP contribution in [-0.2, 0) is 9.53 Å². The lowest BCUT2D eigenvalue weighted by molar-refractivity contribution is -0.161. The summed E-state index contributed by atoms with van der Waals surface area (Å²) in [7, 11) is 0. The van der Waals surface area contributed by atoms with Gasteiger partial charge in [0, 0.05) is 0 Å². The second-order valence-corrected chi connectivity index (χ2v) is 6.05. The third kappa shape index (κ3) is 3.50. The van der Waals surface area contributed by atoms with Gasteiger partial charge in [-0.1, -0.05) is 26.7 Å². The first-order valence-corrected chi connectivity index (χ1v) is 6.60. The SMILES string of the molecule is CCC1CC(CC)C(C(=O)OC(C)(C)C)C1. The molecule has 0 spiro atoms. The molecule has 0 N–H and O–H groups in total. The zero-order valence-electron chi connectivity index (χ0n) is 11.4. The van der Waals surface area contributed by atoms with Crippen molar-refractivity contribution < 1.29 is 9.53 Å². The van der Waals surface area contributed by atoms with E-state index in [9.17, 15) is 4.79 Å². The highest BCUT2D eigenvalue weighted by Crippen LogP contribution is 2.40. The van der Waals surface area contributed by atoms with Crippen LogP contribution in [-0.4, -0.2) is 11.6 Å². The molecule has 0 saturated heterocycles. The highest BCUT2D eigenvalue weighted by atomic mass is 16.6. The Kier molecular flexibility index (Phi) is 4.40. The molecule has 1 aliphatic rings. The molecule has 0 bridgehead atoms. The summed E-state index contributed by atoms with van der Waals surface area (Å²) in [6.45, 7) is 10.2. The lowest BCUT2D eigenvalue weighted by Gasteiger charge is -2.24. The largest absolute Gasteiger partial charge is 0.460 e. The number of hydrogen-bond acceptors (Lipinski definition) is 2. The van der Waals surface area contributed by atoms with E-state index < -0.39 is 0 Å². The van der Waals surface area contributed by atoms with Crippen LogP contribution in [0.25, 0.3) is 0 Å². The number of esters is 1. The molecular weight excluding hydrogens is 200 g/mol. The molecule has 0 aromatic heterocycles. The van der Waals surface area contributed by atoms with Crippen LogP contribution in [0.1, 0.15) is 60.3 Å². The highest BCUT2D eigenvalue weighted by molar-refractivity contribution is 5.73. The summed E-state index contributed by atoms with van der Waals surface area (Å²) in [5.41, 5.74) is -0.348. The zero-order chi connectivity index (χ0) is 12.3. The Bertz CT molecular complexity index is 240. The van der Waals surface area contributed by atoms with Gasteiger partial charge in [0.2, 0.25) is 0 Å². The van der Waals surface area contributed by atoms with Gasteiger partial charge in [-0.15, -0.1) is 0 Å². The molecule has 3 atom stereocenters. The Labute approximate surface area is 99.8 Å². The lowest BCUT2D eigenvalue weighted by Crippen LogP contribution is -2.30. The summed E-state index contributed by atoms with van der Waals surface area (Å²) in [6, 6.07) is 0. The monoisotopic (exact) mass is 226 g/mol. The second-order valence-electron chi connectivity index (χ2n) is 6.05. The molecule has 0 heterocycles. The summed E-state index contributed by atoms with van der Waals surface area (Å²) in [4.78, 5) is 12.1. The molecule has 2 nitrogen and oxygen atoms in total. The molecule has 1 saturated carbocycles. The third-order valence-electron chi connectivity index (χ3n) is 3.60. The van der Waals surface area contributed by atoms with Crippen LogP contribution in [0.3, 0.4) is 0 Å². The molecule has 1 fully saturated rings. The van der Waals surface area contributed by atoms with Crippen LogP contribution in [0.2, 0.25) is 0 Å². The Hall–Kier alpha value is -0.530. The van der Waals surface area contributed by atoms with Crippen molar-refractivity contribution in [2.45, 2.75) is 65.9 Å². The van der Waals surface area contributed by atoms with Gasteiger partial charge in [-0.05, 0) is 45.4 Å². The van der Waals surface area contributed by atoms with Crippen LogP contribution in [0.5, 0.6) is 0 Å². The normalized spacial score (nSPS) is 30.4. The van der Waals surface area contributed by atoms with Crippen LogP contribution in [0, 0.1) is 17.8 Å². The highest BCUT2D eigenvalue weighted by Gasteiger charge is 2.38. The smallest absolute Gasteiger partial charge is 0.309 e. The fraction of sp³-hybridized carbons (Fsp3) is 0.929. The molecule has 0 aliphatic heterocycles. The van der Waals surface area contributed by atoms with Crippen LogP contribution in [0.15, 0.2) is 0 Å². The van der Waals surface area contributed by atoms with Crippen molar-refractivity contribution in [3.05, 3.63) is 0 Å². The maximum absolute atomic E-state index is 12.1. The fourth-order valence-electron chi connectivity index (χ4n) is 2.69. The maximum Gasteiger partial charge on any atom is 0.309 e. The lowest BCUT2D eigenvalue weighted by atomic mass is 9.93. The first-order chi connectivity index (χ1) is 7.37. The first kappa shape index (κ1) is 13.5. The molecule has 0 amide bonds. The van der Waals surface area contributed by atoms with Crippen molar-refractivity contribution in [1.29, 1.82) is 0 Å². The predicted octanol–water partition coefficient (Wildman–Crippen LogP) is 3.79. The van der Waals surface area contributed by atoms with Gasteiger partial charge >= 0.3 is 5.97 Å². The molecule has 2 heteroatoms. The zero-order valence-corrected chi connectivity index (χ0v) is 11.4. The summed E-state index contributed by atoms with van der Waals surface area (Å²) in [6.07, 6.45) is 4.52. The summed E-state index contributed by atoms with van der Waals surface area (Å²) < 4.78 is 5.51. The summed E-state index contributed by atoms with van der Waals surface area (Å²) in [5.74, 6) is 1.44. The quantitative estimate of drug-likeness (QED) is 0.684. The van der Waals surface area contributed by atoms with Gasteiger partial charge in [0.25, 0.3) is 0 Å². The van der Waals surface area contributed by atoms with Crippen molar-refractivity contribution >= 4 is 5.97 Å². The Morgan fingerprint density at radius 3 is 2.25 bits per heavy atom. The van der Waals surface area contributed by atoms with Gasteiger partial charge in [0.05, 0.1) is 5.92 Å². The summed E-state index contributed by atoms with van der Waals surface area (Å²) >= 11 is 0. The molecule has 0 aromatic rings. The van der Waals surface area contributed by atoms with E-state index in [1.807, 2.05) is 20.8 Å². The Morgan fingerprint density at radius 2 is 1.81 bits per heavy atom. The Balaban J connectivity index is 2.61. The Morgan fingerprint density at radius 1 is 1.19 bits per heavy atom. The van der Waals surface area contributed by atoms with E-state index in [1.54, 1.807) is 0 Å². The van der Waals surface area contributed by atoms with Gasteiger partial charge < -0.3 is 4.74 Å². The summed E-state index contributed by atoms with van der Waals surface area (Å²) in [5, 5.41) is 0. The van der Waals surface area contributed by atoms with Crippen LogP contribution < -0.4 is 0 Å². The minimum absolute atomic E-state index is 0.0234. The van der Waals surface area contributed by atoms with E-state index in [0.717, 1.165) is 18.8 Å². The number of rotatable bonds is 3. The molecular formula is C14H26O2. The molecule has 3 unspecified atom stereocenters. The van der Waals surface area contributed by atoms with E-state index in [-0.39, 0.29) is 17.5 Å². The molecule has 0 radical (unpaired) electrons. The van der Waals surface area contributed by atoms with E-state index in [0.29, 0.717) is 5.92 Å². The van der Waals surface area contributed by atoms with Crippen molar-refractivity contribution in [3.63, 3.8) is 0 Å². The molecule has 0 aromatic carbocycles. The van der Waals surface area contributed by atoms with E-state index in [4.69, 9.17) is 4.74 Å². The van der Waals surface area contributed by atoms with Crippen LogP contribution in [0.4, 0.5) is 0 Å². The van der Waals surface area contributed by atoms with Crippen molar-refractivity contribution in [3.8, 4) is 0 Å². The number of ether oxygens (including phenoxy) is 1. The van der Waals surface area contributed by atoms with Crippen LogP contribution >= 0.6 is 0 Å². The molecule has 94 valence electrons. The average molecular weight is 226 g/mol. The van der Waals surface area contributed by atoms with E-state index >= 15 is 0 Å². The van der Waals surface area contributed by atoms with Gasteiger partial charge in [0.15, 0.2) is 0 Å². The fourth-order valence-corrected chi connectivity index (χ4v) is 2.69. The van der Waals surface area contributed by atoms with Crippen molar-refractivity contribution in [2.75, 3.05) is 0 Å². The van der Waals surface area contributed by atoms with Gasteiger partial charge in [-0.3, -0.25) is 4.79 Å². The average Bonchev–Trinajstić information content (AvgIpc) is 2.58. The van der Waals surface area contributed by atoms with Gasteiger partial charge in [-0.2, -0.15) is 0 Å². The first-order valence-electron chi connectivity index (χ1n) is 6.60. The van der Waals surface area contributed by atoms with Crippen molar-refractivity contribution in [2.24, 2.45) is 17.8 Å². The minimum atomic E-state index is -0.348. The van der Waals surface area contributed by atoms with Gasteiger partial charge in [-0.25, -0.2) is 0 Å². The topological polar surface area (TPSA) is 26.3 Å². The number of carbonyl (C=O) groups excluding carboxylic acids is 1. The van der Waals surface area contributed by atoms with Crippen molar-refractivity contribution in [1.82, 2.24) is 0 Å². The predicted molar refractivity (Wildman–Crippen MR) is 66.1 cm³/mol. The number of carbonyl (C=O) groups is 1. The van der Waals surface area contributed by atoms with Gasteiger partial charge in [0.1, 0.15) is 5.60 Å². The number of hydrogen-bond donors (Lipinski definition) is 0. The van der Waals surface area contributed by atoms with E-state index in [2.05, 4.69) is 13.8 Å².